The van der Waals surface area contributed by atoms with Gasteiger partial charge in [-0.2, -0.15) is 0 Å². The lowest BCUT2D eigenvalue weighted by Gasteiger charge is -2.44. The fraction of sp³-hybridized carbons (Fsp3) is 0.258. The SMILES string of the molecule is O=C(OCC1c2ccccc2-c2ccccc21)N1C2C=C(c3csc4ccccc34)CC1CCC2. The predicted octanol–water partition coefficient (Wildman–Crippen LogP) is 7.86. The van der Waals surface area contributed by atoms with Crippen molar-refractivity contribution in [2.24, 2.45) is 0 Å². The number of ether oxygens (including phenoxy) is 1. The number of fused-ring (bicyclic) bond motifs is 6. The van der Waals surface area contributed by atoms with Crippen LogP contribution >= 0.6 is 11.3 Å². The standard InChI is InChI=1S/C31H27NO2S/c33-31(34-18-28-25-12-3-1-10-23(25)24-11-2-4-13-26(24)28)32-21-8-7-9-22(32)17-20(16-21)29-19-35-30-15-6-5-14-27(29)30/h1-6,10-16,19,21-22,28H,7-9,17-18H2. The van der Waals surface area contributed by atoms with Crippen molar-refractivity contribution in [1.82, 2.24) is 4.90 Å². The molecule has 3 nitrogen and oxygen atoms in total. The summed E-state index contributed by atoms with van der Waals surface area (Å²) >= 11 is 1.81. The third kappa shape index (κ3) is 3.42. The minimum atomic E-state index is -0.160. The van der Waals surface area contributed by atoms with Crippen LogP contribution in [0.3, 0.4) is 0 Å². The van der Waals surface area contributed by atoms with Gasteiger partial charge in [-0.05, 0) is 75.9 Å². The molecule has 3 heterocycles. The summed E-state index contributed by atoms with van der Waals surface area (Å²) in [6.07, 6.45) is 6.29. The van der Waals surface area contributed by atoms with Gasteiger partial charge in [0.05, 0.1) is 6.04 Å². The van der Waals surface area contributed by atoms with Crippen molar-refractivity contribution in [3.05, 3.63) is 101 Å². The molecule has 0 saturated carbocycles. The van der Waals surface area contributed by atoms with Crippen LogP contribution < -0.4 is 0 Å². The van der Waals surface area contributed by atoms with Crippen LogP contribution in [0, 0.1) is 0 Å². The molecule has 3 aromatic carbocycles. The van der Waals surface area contributed by atoms with E-state index in [1.54, 1.807) is 0 Å². The average Bonchev–Trinajstić information content (AvgIpc) is 3.46. The van der Waals surface area contributed by atoms with Gasteiger partial charge in [0.15, 0.2) is 0 Å². The first kappa shape index (κ1) is 21.0. The third-order valence-electron chi connectivity index (χ3n) is 8.01. The Morgan fingerprint density at radius 3 is 2.37 bits per heavy atom. The number of piperidine rings is 1. The number of hydrogen-bond acceptors (Lipinski definition) is 3. The van der Waals surface area contributed by atoms with Crippen molar-refractivity contribution >= 4 is 33.1 Å². The van der Waals surface area contributed by atoms with Crippen molar-refractivity contribution in [1.29, 1.82) is 0 Å². The number of carbonyl (C=O) groups is 1. The molecule has 2 atom stereocenters. The van der Waals surface area contributed by atoms with Crippen LogP contribution in [-0.4, -0.2) is 29.7 Å². The first-order valence-electron chi connectivity index (χ1n) is 12.6. The summed E-state index contributed by atoms with van der Waals surface area (Å²) in [4.78, 5) is 15.5. The molecule has 4 aromatic rings. The molecule has 1 fully saturated rings. The maximum Gasteiger partial charge on any atom is 0.410 e. The maximum atomic E-state index is 13.5. The lowest BCUT2D eigenvalue weighted by atomic mass is 9.83. The zero-order valence-electron chi connectivity index (χ0n) is 19.5. The van der Waals surface area contributed by atoms with E-state index in [4.69, 9.17) is 4.74 Å². The molecule has 1 aromatic heterocycles. The van der Waals surface area contributed by atoms with Crippen molar-refractivity contribution < 1.29 is 9.53 Å². The van der Waals surface area contributed by atoms with Crippen molar-refractivity contribution in [3.63, 3.8) is 0 Å². The Morgan fingerprint density at radius 2 is 1.60 bits per heavy atom. The van der Waals surface area contributed by atoms with Gasteiger partial charge >= 0.3 is 6.09 Å². The van der Waals surface area contributed by atoms with E-state index in [9.17, 15) is 4.79 Å². The molecule has 1 saturated heterocycles. The number of nitrogens with zero attached hydrogens (tertiary/aromatic N) is 1. The minimum absolute atomic E-state index is 0.0965. The van der Waals surface area contributed by atoms with Crippen LogP contribution in [-0.2, 0) is 4.74 Å². The molecule has 2 bridgehead atoms. The Labute approximate surface area is 209 Å². The van der Waals surface area contributed by atoms with Crippen molar-refractivity contribution in [2.75, 3.05) is 6.61 Å². The number of carbonyl (C=O) groups excluding carboxylic acids is 1. The number of hydrogen-bond donors (Lipinski definition) is 0. The number of benzene rings is 3. The molecular weight excluding hydrogens is 450 g/mol. The summed E-state index contributed by atoms with van der Waals surface area (Å²) in [6, 6.07) is 26.0. The second-order valence-electron chi connectivity index (χ2n) is 9.90. The summed E-state index contributed by atoms with van der Waals surface area (Å²) < 4.78 is 7.40. The zero-order chi connectivity index (χ0) is 23.4. The molecule has 0 radical (unpaired) electrons. The highest BCUT2D eigenvalue weighted by atomic mass is 32.1. The van der Waals surface area contributed by atoms with E-state index in [0.29, 0.717) is 6.61 Å². The Morgan fingerprint density at radius 1 is 0.886 bits per heavy atom. The summed E-state index contributed by atoms with van der Waals surface area (Å²) in [5.41, 5.74) is 7.76. The molecule has 3 aliphatic rings. The van der Waals surface area contributed by atoms with Gasteiger partial charge in [-0.25, -0.2) is 4.79 Å². The van der Waals surface area contributed by atoms with E-state index in [1.165, 1.54) is 43.5 Å². The Bertz CT molecular complexity index is 1420. The fourth-order valence-electron chi connectivity index (χ4n) is 6.41. The highest BCUT2D eigenvalue weighted by Gasteiger charge is 2.39. The Kier molecular flexibility index (Phi) is 5.02. The van der Waals surface area contributed by atoms with Gasteiger partial charge in [-0.15, -0.1) is 11.3 Å². The van der Waals surface area contributed by atoms with E-state index in [0.717, 1.165) is 25.7 Å². The highest BCUT2D eigenvalue weighted by Crippen LogP contribution is 2.45. The van der Waals surface area contributed by atoms with E-state index in [2.05, 4.69) is 84.3 Å². The first-order chi connectivity index (χ1) is 17.3. The summed E-state index contributed by atoms with van der Waals surface area (Å²) in [5.74, 6) is 0.0965. The normalized spacial score (nSPS) is 20.9. The average molecular weight is 478 g/mol. The molecule has 2 aliphatic heterocycles. The topological polar surface area (TPSA) is 29.5 Å². The summed E-state index contributed by atoms with van der Waals surface area (Å²) in [6.45, 7) is 0.383. The molecule has 0 N–H and O–H groups in total. The number of rotatable bonds is 3. The maximum absolute atomic E-state index is 13.5. The molecule has 7 rings (SSSR count). The van der Waals surface area contributed by atoms with Gasteiger partial charge in [-0.3, -0.25) is 4.90 Å². The summed E-state index contributed by atoms with van der Waals surface area (Å²) in [7, 11) is 0. The molecule has 35 heavy (non-hydrogen) atoms. The Balaban J connectivity index is 1.14. The van der Waals surface area contributed by atoms with Crippen LogP contribution in [0.2, 0.25) is 0 Å². The Hall–Kier alpha value is -3.37. The third-order valence-corrected chi connectivity index (χ3v) is 8.97. The lowest BCUT2D eigenvalue weighted by Crippen LogP contribution is -2.51. The monoisotopic (exact) mass is 477 g/mol. The predicted molar refractivity (Wildman–Crippen MR) is 143 cm³/mol. The van der Waals surface area contributed by atoms with E-state index in [-0.39, 0.29) is 24.1 Å². The van der Waals surface area contributed by atoms with Crippen LogP contribution in [0.4, 0.5) is 4.79 Å². The van der Waals surface area contributed by atoms with Crippen molar-refractivity contribution in [3.8, 4) is 11.1 Å². The molecule has 0 spiro atoms. The second-order valence-corrected chi connectivity index (χ2v) is 10.8. The molecular formula is C31H27NO2S. The first-order valence-corrected chi connectivity index (χ1v) is 13.5. The van der Waals surface area contributed by atoms with E-state index < -0.39 is 0 Å². The zero-order valence-corrected chi connectivity index (χ0v) is 20.3. The number of thiophene rings is 1. The fourth-order valence-corrected chi connectivity index (χ4v) is 7.39. The molecule has 1 amide bonds. The van der Waals surface area contributed by atoms with Gasteiger partial charge < -0.3 is 4.74 Å². The molecule has 1 aliphatic carbocycles. The quantitative estimate of drug-likeness (QED) is 0.301. The smallest absolute Gasteiger partial charge is 0.410 e. The van der Waals surface area contributed by atoms with E-state index >= 15 is 0 Å². The van der Waals surface area contributed by atoms with Gasteiger partial charge in [0.1, 0.15) is 6.61 Å². The molecule has 2 unspecified atom stereocenters. The lowest BCUT2D eigenvalue weighted by molar-refractivity contribution is 0.0539. The van der Waals surface area contributed by atoms with Gasteiger partial charge in [-0.1, -0.05) is 72.8 Å². The van der Waals surface area contributed by atoms with Crippen LogP contribution in [0.1, 0.15) is 48.3 Å². The highest BCUT2D eigenvalue weighted by molar-refractivity contribution is 7.17. The minimum Gasteiger partial charge on any atom is -0.448 e. The van der Waals surface area contributed by atoms with Gasteiger partial charge in [0.25, 0.3) is 0 Å². The molecule has 4 heteroatoms. The van der Waals surface area contributed by atoms with Crippen LogP contribution in [0.25, 0.3) is 26.8 Å². The van der Waals surface area contributed by atoms with Gasteiger partial charge in [0, 0.05) is 16.7 Å². The van der Waals surface area contributed by atoms with Crippen molar-refractivity contribution in [2.45, 2.75) is 43.7 Å². The summed E-state index contributed by atoms with van der Waals surface area (Å²) in [5, 5.41) is 3.62. The van der Waals surface area contributed by atoms with Gasteiger partial charge in [0.2, 0.25) is 0 Å². The number of amides is 1. The molecule has 174 valence electrons. The van der Waals surface area contributed by atoms with Crippen LogP contribution in [0.15, 0.2) is 84.3 Å². The van der Waals surface area contributed by atoms with Crippen LogP contribution in [0.5, 0.6) is 0 Å². The second kappa shape index (κ2) is 8.39. The largest absolute Gasteiger partial charge is 0.448 e. The van der Waals surface area contributed by atoms with E-state index in [1.807, 2.05) is 16.2 Å².